The van der Waals surface area contributed by atoms with Gasteiger partial charge in [0, 0.05) is 38.0 Å². The van der Waals surface area contributed by atoms with Gasteiger partial charge in [0.15, 0.2) is 5.82 Å². The molecule has 2 aromatic rings. The van der Waals surface area contributed by atoms with E-state index in [1.165, 1.54) is 0 Å². The summed E-state index contributed by atoms with van der Waals surface area (Å²) < 4.78 is 10.8. The number of benzene rings is 1. The molecule has 0 bridgehead atoms. The SMILES string of the molecule is C=CCOc1ccc(-c2nnc(CCC(=O)NCCCN3CCOCC3)c(=O)[nH]2)cc1. The van der Waals surface area contributed by atoms with Crippen LogP contribution >= 0.6 is 0 Å². The third kappa shape index (κ3) is 7.30. The van der Waals surface area contributed by atoms with E-state index in [0.717, 1.165) is 44.8 Å². The molecule has 3 rings (SSSR count). The van der Waals surface area contributed by atoms with Gasteiger partial charge in [0.05, 0.1) is 13.2 Å². The van der Waals surface area contributed by atoms with Gasteiger partial charge in [-0.25, -0.2) is 0 Å². The lowest BCUT2D eigenvalue weighted by atomic mass is 10.2. The second kappa shape index (κ2) is 12.0. The first kappa shape index (κ1) is 22.6. The van der Waals surface area contributed by atoms with Crippen LogP contribution in [0.15, 0.2) is 41.7 Å². The Morgan fingerprint density at radius 2 is 2.03 bits per heavy atom. The number of amides is 1. The normalized spacial score (nSPS) is 14.2. The highest BCUT2D eigenvalue weighted by atomic mass is 16.5. The highest BCUT2D eigenvalue weighted by Gasteiger charge is 2.11. The number of nitrogens with zero attached hydrogens (tertiary/aromatic N) is 3. The van der Waals surface area contributed by atoms with E-state index in [2.05, 4.69) is 32.0 Å². The molecule has 0 spiro atoms. The number of hydrogen-bond acceptors (Lipinski definition) is 7. The Hall–Kier alpha value is -3.04. The number of aromatic nitrogens is 3. The Morgan fingerprint density at radius 1 is 1.26 bits per heavy atom. The number of rotatable bonds is 11. The molecule has 0 aliphatic carbocycles. The van der Waals surface area contributed by atoms with Crippen LogP contribution in [0.3, 0.4) is 0 Å². The second-order valence-corrected chi connectivity index (χ2v) is 7.23. The lowest BCUT2D eigenvalue weighted by molar-refractivity contribution is -0.121. The average Bonchev–Trinajstić information content (AvgIpc) is 2.80. The van der Waals surface area contributed by atoms with Crippen molar-refractivity contribution >= 4 is 5.91 Å². The quantitative estimate of drug-likeness (QED) is 0.409. The highest BCUT2D eigenvalue weighted by molar-refractivity contribution is 5.76. The fourth-order valence-electron chi connectivity index (χ4n) is 3.19. The van der Waals surface area contributed by atoms with Gasteiger partial charge in [-0.1, -0.05) is 12.7 Å². The van der Waals surface area contributed by atoms with Crippen molar-refractivity contribution in [1.82, 2.24) is 25.4 Å². The summed E-state index contributed by atoms with van der Waals surface area (Å²) in [5, 5.41) is 11.0. The van der Waals surface area contributed by atoms with Crippen molar-refractivity contribution in [3.63, 3.8) is 0 Å². The number of nitrogens with one attached hydrogen (secondary N) is 2. The number of morpholine rings is 1. The summed E-state index contributed by atoms with van der Waals surface area (Å²) in [5.74, 6) is 0.977. The number of H-pyrrole nitrogens is 1. The van der Waals surface area contributed by atoms with E-state index in [1.54, 1.807) is 30.3 Å². The molecule has 0 radical (unpaired) electrons. The molecule has 31 heavy (non-hydrogen) atoms. The Morgan fingerprint density at radius 3 is 2.74 bits per heavy atom. The summed E-state index contributed by atoms with van der Waals surface area (Å²) in [5.41, 5.74) is 0.635. The summed E-state index contributed by atoms with van der Waals surface area (Å²) in [7, 11) is 0. The number of carbonyl (C=O) groups is 1. The van der Waals surface area contributed by atoms with Gasteiger partial charge in [-0.3, -0.25) is 14.5 Å². The van der Waals surface area contributed by atoms with Crippen LogP contribution < -0.4 is 15.6 Å². The minimum atomic E-state index is -0.336. The first-order valence-electron chi connectivity index (χ1n) is 10.5. The number of aromatic amines is 1. The number of aryl methyl sites for hydroxylation is 1. The summed E-state index contributed by atoms with van der Waals surface area (Å²) in [6.07, 6.45) is 3.00. The van der Waals surface area contributed by atoms with Crippen molar-refractivity contribution in [3.8, 4) is 17.1 Å². The van der Waals surface area contributed by atoms with Crippen LogP contribution in [-0.4, -0.2) is 72.0 Å². The first-order valence-corrected chi connectivity index (χ1v) is 10.5. The number of hydrogen-bond donors (Lipinski definition) is 2. The standard InChI is InChI=1S/C22H29N5O4/c1-2-14-31-18-6-4-17(5-7-18)21-24-22(29)19(25-26-21)8-9-20(28)23-10-3-11-27-12-15-30-16-13-27/h2,4-7H,1,3,8-16H2,(H,23,28)(H,24,26,29). The first-order chi connectivity index (χ1) is 15.2. The summed E-state index contributed by atoms with van der Waals surface area (Å²) in [4.78, 5) is 29.4. The Bertz CT molecular complexity index is 907. The Labute approximate surface area is 181 Å². The van der Waals surface area contributed by atoms with Gasteiger partial charge in [-0.05, 0) is 37.2 Å². The molecule has 1 amide bonds. The van der Waals surface area contributed by atoms with Crippen LogP contribution in [0.4, 0.5) is 0 Å². The molecular formula is C22H29N5O4. The molecule has 1 aliphatic heterocycles. The van der Waals surface area contributed by atoms with Crippen LogP contribution in [0.2, 0.25) is 0 Å². The maximum atomic E-state index is 12.3. The van der Waals surface area contributed by atoms with E-state index in [-0.39, 0.29) is 30.0 Å². The van der Waals surface area contributed by atoms with E-state index in [0.29, 0.717) is 24.7 Å². The fourth-order valence-corrected chi connectivity index (χ4v) is 3.19. The lowest BCUT2D eigenvalue weighted by Crippen LogP contribution is -2.38. The van der Waals surface area contributed by atoms with Crippen molar-refractivity contribution < 1.29 is 14.3 Å². The van der Waals surface area contributed by atoms with Gasteiger partial charge in [0.2, 0.25) is 5.91 Å². The predicted octanol–water partition coefficient (Wildman–Crippen LogP) is 1.17. The molecule has 1 aromatic heterocycles. The van der Waals surface area contributed by atoms with E-state index in [9.17, 15) is 9.59 Å². The minimum absolute atomic E-state index is 0.0950. The highest BCUT2D eigenvalue weighted by Crippen LogP contribution is 2.18. The molecule has 9 heteroatoms. The Kier molecular flexibility index (Phi) is 8.74. The largest absolute Gasteiger partial charge is 0.490 e. The lowest BCUT2D eigenvalue weighted by Gasteiger charge is -2.26. The molecule has 166 valence electrons. The maximum absolute atomic E-state index is 12.3. The predicted molar refractivity (Wildman–Crippen MR) is 117 cm³/mol. The molecule has 2 heterocycles. The zero-order valence-corrected chi connectivity index (χ0v) is 17.6. The van der Waals surface area contributed by atoms with Crippen LogP contribution in [-0.2, 0) is 16.0 Å². The smallest absolute Gasteiger partial charge is 0.273 e. The van der Waals surface area contributed by atoms with Crippen LogP contribution in [0.5, 0.6) is 5.75 Å². The summed E-state index contributed by atoms with van der Waals surface area (Å²) in [6.45, 7) is 9.02. The van der Waals surface area contributed by atoms with Crippen molar-refractivity contribution in [2.24, 2.45) is 0 Å². The number of carbonyl (C=O) groups excluding carboxylic acids is 1. The molecule has 0 saturated carbocycles. The van der Waals surface area contributed by atoms with E-state index in [4.69, 9.17) is 9.47 Å². The van der Waals surface area contributed by atoms with E-state index in [1.807, 2.05) is 0 Å². The zero-order valence-electron chi connectivity index (χ0n) is 17.6. The van der Waals surface area contributed by atoms with Gasteiger partial charge < -0.3 is 19.8 Å². The van der Waals surface area contributed by atoms with E-state index < -0.39 is 0 Å². The van der Waals surface area contributed by atoms with E-state index >= 15 is 0 Å². The molecule has 0 unspecified atom stereocenters. The van der Waals surface area contributed by atoms with Gasteiger partial charge in [-0.15, -0.1) is 10.2 Å². The summed E-state index contributed by atoms with van der Waals surface area (Å²) in [6, 6.07) is 7.16. The molecule has 9 nitrogen and oxygen atoms in total. The third-order valence-electron chi connectivity index (χ3n) is 4.93. The van der Waals surface area contributed by atoms with Crippen molar-refractivity contribution in [2.75, 3.05) is 46.0 Å². The van der Waals surface area contributed by atoms with Crippen LogP contribution in [0.1, 0.15) is 18.5 Å². The summed E-state index contributed by atoms with van der Waals surface area (Å²) >= 11 is 0. The van der Waals surface area contributed by atoms with Gasteiger partial charge >= 0.3 is 0 Å². The monoisotopic (exact) mass is 427 g/mol. The maximum Gasteiger partial charge on any atom is 0.273 e. The van der Waals surface area contributed by atoms with Crippen LogP contribution in [0.25, 0.3) is 11.4 Å². The molecular weight excluding hydrogens is 398 g/mol. The number of ether oxygens (including phenoxy) is 2. The van der Waals surface area contributed by atoms with Crippen molar-refractivity contribution in [1.29, 1.82) is 0 Å². The zero-order chi connectivity index (χ0) is 21.9. The molecule has 1 saturated heterocycles. The molecule has 1 aliphatic rings. The molecule has 1 fully saturated rings. The van der Waals surface area contributed by atoms with Crippen molar-refractivity contribution in [3.05, 3.63) is 53.0 Å². The van der Waals surface area contributed by atoms with Gasteiger partial charge in [-0.2, -0.15) is 0 Å². The average molecular weight is 428 g/mol. The van der Waals surface area contributed by atoms with Crippen LogP contribution in [0, 0.1) is 0 Å². The molecule has 1 aromatic carbocycles. The van der Waals surface area contributed by atoms with Crippen molar-refractivity contribution in [2.45, 2.75) is 19.3 Å². The topological polar surface area (TPSA) is 109 Å². The Balaban J connectivity index is 1.42. The molecule has 0 atom stereocenters. The fraction of sp³-hybridized carbons (Fsp3) is 0.455. The minimum Gasteiger partial charge on any atom is -0.490 e. The molecule has 2 N–H and O–H groups in total. The second-order valence-electron chi connectivity index (χ2n) is 7.23. The third-order valence-corrected chi connectivity index (χ3v) is 4.93. The van der Waals surface area contributed by atoms with Gasteiger partial charge in [0.25, 0.3) is 5.56 Å². The van der Waals surface area contributed by atoms with Gasteiger partial charge in [0.1, 0.15) is 18.1 Å².